The van der Waals surface area contributed by atoms with Gasteiger partial charge in [0.25, 0.3) is 0 Å². The summed E-state index contributed by atoms with van der Waals surface area (Å²) in [6.07, 6.45) is -0.451. The van der Waals surface area contributed by atoms with Crippen LogP contribution in [0.3, 0.4) is 0 Å². The van der Waals surface area contributed by atoms with Crippen molar-refractivity contribution in [3.8, 4) is 5.75 Å². The van der Waals surface area contributed by atoms with E-state index in [-0.39, 0.29) is 12.5 Å². The van der Waals surface area contributed by atoms with E-state index in [1.54, 1.807) is 28.6 Å². The number of carbonyl (C=O) groups is 2. The van der Waals surface area contributed by atoms with Crippen LogP contribution in [0.15, 0.2) is 53.0 Å². The van der Waals surface area contributed by atoms with E-state index in [9.17, 15) is 9.59 Å². The van der Waals surface area contributed by atoms with Crippen molar-refractivity contribution in [2.24, 2.45) is 0 Å². The topological polar surface area (TPSA) is 60.8 Å². The zero-order valence-electron chi connectivity index (χ0n) is 17.7. The van der Waals surface area contributed by atoms with Gasteiger partial charge in [-0.05, 0) is 63.2 Å². The Morgan fingerprint density at radius 1 is 1.07 bits per heavy atom. The fraction of sp³-hybridized carbons (Fsp3) is 0.304. The minimum absolute atomic E-state index is 0.0447. The lowest BCUT2D eigenvalue weighted by molar-refractivity contribution is -0.116. The molecule has 0 N–H and O–H groups in total. The van der Waals surface area contributed by atoms with Gasteiger partial charge in [0.05, 0.1) is 11.2 Å². The Bertz CT molecular complexity index is 1080. The largest absolute Gasteiger partial charge is 0.487 e. The third kappa shape index (κ3) is 5.02. The van der Waals surface area contributed by atoms with E-state index in [1.807, 2.05) is 57.2 Å². The maximum atomic E-state index is 12.9. The minimum Gasteiger partial charge on any atom is -0.487 e. The van der Waals surface area contributed by atoms with Crippen LogP contribution < -0.4 is 9.64 Å². The van der Waals surface area contributed by atoms with Crippen LogP contribution in [0.1, 0.15) is 33.4 Å². The molecule has 0 aliphatic heterocycles. The predicted octanol–water partition coefficient (Wildman–Crippen LogP) is 5.75. The number of nitrogens with zero attached hydrogens (tertiary/aromatic N) is 2. The van der Waals surface area contributed by atoms with Crippen molar-refractivity contribution in [3.63, 3.8) is 0 Å². The monoisotopic (exact) mass is 472 g/mol. The lowest BCUT2D eigenvalue weighted by Gasteiger charge is -2.21. The van der Waals surface area contributed by atoms with Crippen molar-refractivity contribution >= 4 is 44.5 Å². The number of anilines is 1. The first-order valence-corrected chi connectivity index (χ1v) is 10.3. The number of carbonyl (C=O) groups excluding carboxylic acids is 2. The molecule has 3 aromatic rings. The van der Waals surface area contributed by atoms with Gasteiger partial charge in [-0.15, -0.1) is 0 Å². The Morgan fingerprint density at radius 2 is 1.73 bits per heavy atom. The number of hydrogen-bond donors (Lipinski definition) is 0. The lowest BCUT2D eigenvalue weighted by atomic mass is 10.2. The zero-order valence-corrected chi connectivity index (χ0v) is 19.3. The summed E-state index contributed by atoms with van der Waals surface area (Å²) in [4.78, 5) is 25.9. The maximum Gasteiger partial charge on any atom is 0.419 e. The van der Waals surface area contributed by atoms with E-state index < -0.39 is 11.7 Å². The van der Waals surface area contributed by atoms with Crippen molar-refractivity contribution in [2.45, 2.75) is 39.9 Å². The Labute approximate surface area is 184 Å². The Balaban J connectivity index is 1.87. The highest BCUT2D eigenvalue weighted by Crippen LogP contribution is 2.27. The van der Waals surface area contributed by atoms with Crippen LogP contribution in [0.4, 0.5) is 10.5 Å². The van der Waals surface area contributed by atoms with Gasteiger partial charge in [0.15, 0.2) is 0 Å². The van der Waals surface area contributed by atoms with Gasteiger partial charge in [-0.3, -0.25) is 4.79 Å². The summed E-state index contributed by atoms with van der Waals surface area (Å²) < 4.78 is 13.9. The standard InChI is InChI=1S/C23H25BrN2O4/c1-15(27)25(5)18-8-10-20(11-9-18)29-14-19-12-16-6-7-17(24)13-21(16)26(19)22(28)30-23(2,3)4/h6-13H,14H2,1-5H3. The van der Waals surface area contributed by atoms with Crippen LogP contribution in [0, 0.1) is 0 Å². The Kier molecular flexibility index (Phi) is 6.22. The minimum atomic E-state index is -0.615. The molecule has 0 unspecified atom stereocenters. The molecule has 0 fully saturated rings. The molecule has 3 rings (SSSR count). The van der Waals surface area contributed by atoms with Crippen molar-refractivity contribution in [3.05, 3.63) is 58.7 Å². The third-order valence-electron chi connectivity index (χ3n) is 4.50. The molecule has 0 saturated carbocycles. The number of benzene rings is 2. The van der Waals surface area contributed by atoms with Gasteiger partial charge in [0, 0.05) is 29.5 Å². The maximum absolute atomic E-state index is 12.9. The summed E-state index contributed by atoms with van der Waals surface area (Å²) in [6.45, 7) is 7.21. The number of ether oxygens (including phenoxy) is 2. The van der Waals surface area contributed by atoms with E-state index in [4.69, 9.17) is 9.47 Å². The summed E-state index contributed by atoms with van der Waals surface area (Å²) in [5, 5.41) is 0.918. The molecule has 2 aromatic carbocycles. The van der Waals surface area contributed by atoms with Crippen LogP contribution in [0.2, 0.25) is 0 Å². The molecule has 0 radical (unpaired) electrons. The summed E-state index contributed by atoms with van der Waals surface area (Å²) in [5.74, 6) is 0.592. The van der Waals surface area contributed by atoms with E-state index in [2.05, 4.69) is 15.9 Å². The fourth-order valence-electron chi connectivity index (χ4n) is 2.97. The third-order valence-corrected chi connectivity index (χ3v) is 5.00. The summed E-state index contributed by atoms with van der Waals surface area (Å²) in [7, 11) is 1.72. The van der Waals surface area contributed by atoms with Gasteiger partial charge < -0.3 is 14.4 Å². The summed E-state index contributed by atoms with van der Waals surface area (Å²) in [6, 6.07) is 14.9. The predicted molar refractivity (Wildman–Crippen MR) is 121 cm³/mol. The molecule has 0 saturated heterocycles. The summed E-state index contributed by atoms with van der Waals surface area (Å²) in [5.41, 5.74) is 1.59. The van der Waals surface area contributed by atoms with Gasteiger partial charge in [-0.1, -0.05) is 22.0 Å². The quantitative estimate of drug-likeness (QED) is 0.484. The van der Waals surface area contributed by atoms with Crippen LogP contribution in [0.25, 0.3) is 10.9 Å². The van der Waals surface area contributed by atoms with Crippen molar-refractivity contribution in [2.75, 3.05) is 11.9 Å². The van der Waals surface area contributed by atoms with Crippen molar-refractivity contribution in [1.82, 2.24) is 4.57 Å². The first-order valence-electron chi connectivity index (χ1n) is 9.55. The molecule has 1 amide bonds. The van der Waals surface area contributed by atoms with Gasteiger partial charge in [-0.25, -0.2) is 9.36 Å². The first-order chi connectivity index (χ1) is 14.0. The molecule has 1 heterocycles. The molecule has 0 aliphatic rings. The van der Waals surface area contributed by atoms with E-state index >= 15 is 0 Å². The highest BCUT2D eigenvalue weighted by atomic mass is 79.9. The van der Waals surface area contributed by atoms with E-state index in [0.717, 1.165) is 21.1 Å². The average Bonchev–Trinajstić information content (AvgIpc) is 3.02. The first kappa shape index (κ1) is 21.9. The number of fused-ring (bicyclic) bond motifs is 1. The molecular weight excluding hydrogens is 448 g/mol. The number of rotatable bonds is 4. The SMILES string of the molecule is CC(=O)N(C)c1ccc(OCc2cc3ccc(Br)cc3n2C(=O)OC(C)(C)C)cc1. The number of hydrogen-bond acceptors (Lipinski definition) is 4. The van der Waals surface area contributed by atoms with Crippen LogP contribution in [-0.4, -0.2) is 29.2 Å². The number of aromatic nitrogens is 1. The molecule has 0 aliphatic carbocycles. The molecule has 1 aromatic heterocycles. The molecule has 6 nitrogen and oxygen atoms in total. The van der Waals surface area contributed by atoms with Crippen molar-refractivity contribution in [1.29, 1.82) is 0 Å². The number of amides is 1. The second-order valence-corrected chi connectivity index (χ2v) is 8.93. The van der Waals surface area contributed by atoms with Gasteiger partial charge in [0.1, 0.15) is 18.0 Å². The fourth-order valence-corrected chi connectivity index (χ4v) is 3.31. The molecule has 0 bridgehead atoms. The van der Waals surface area contributed by atoms with Crippen LogP contribution in [0.5, 0.6) is 5.75 Å². The zero-order chi connectivity index (χ0) is 22.1. The molecule has 158 valence electrons. The Hall–Kier alpha value is -2.80. The van der Waals surface area contributed by atoms with Crippen LogP contribution in [-0.2, 0) is 16.1 Å². The highest BCUT2D eigenvalue weighted by molar-refractivity contribution is 9.10. The van der Waals surface area contributed by atoms with E-state index in [0.29, 0.717) is 11.4 Å². The molecule has 30 heavy (non-hydrogen) atoms. The molecule has 7 heteroatoms. The summed E-state index contributed by atoms with van der Waals surface area (Å²) >= 11 is 3.47. The number of halogens is 1. The lowest BCUT2D eigenvalue weighted by Crippen LogP contribution is -2.28. The second kappa shape index (κ2) is 8.52. The molecular formula is C23H25BrN2O4. The highest BCUT2D eigenvalue weighted by Gasteiger charge is 2.22. The van der Waals surface area contributed by atoms with Gasteiger partial charge in [0.2, 0.25) is 5.91 Å². The normalized spacial score (nSPS) is 11.4. The second-order valence-electron chi connectivity index (χ2n) is 8.02. The smallest absolute Gasteiger partial charge is 0.419 e. The van der Waals surface area contributed by atoms with Crippen LogP contribution >= 0.6 is 15.9 Å². The molecule has 0 atom stereocenters. The Morgan fingerprint density at radius 3 is 2.33 bits per heavy atom. The van der Waals surface area contributed by atoms with E-state index in [1.165, 1.54) is 6.92 Å². The van der Waals surface area contributed by atoms with Gasteiger partial charge >= 0.3 is 6.09 Å². The van der Waals surface area contributed by atoms with Gasteiger partial charge in [-0.2, -0.15) is 0 Å². The van der Waals surface area contributed by atoms with Crippen molar-refractivity contribution < 1.29 is 19.1 Å². The molecule has 0 spiro atoms. The average molecular weight is 473 g/mol.